The Kier molecular flexibility index (Phi) is 1.78. The zero-order valence-electron chi connectivity index (χ0n) is 7.14. The van der Waals surface area contributed by atoms with E-state index in [0.717, 1.165) is 0 Å². The van der Waals surface area contributed by atoms with Crippen LogP contribution in [0.15, 0.2) is 29.5 Å². The minimum Gasteiger partial charge on any atom is -0.443 e. The standard InChI is InChI=1S/C9H6N2O3/c1-2-6-3-7-9(14-5-10-7)4-8(6)11(12)13/h2-5H,1H2. The predicted molar refractivity (Wildman–Crippen MR) is 50.8 cm³/mol. The molecule has 0 saturated heterocycles. The Hall–Kier alpha value is -2.17. The molecule has 0 amide bonds. The van der Waals surface area contributed by atoms with Gasteiger partial charge in [0.05, 0.1) is 16.6 Å². The molecule has 0 unspecified atom stereocenters. The summed E-state index contributed by atoms with van der Waals surface area (Å²) in [4.78, 5) is 14.1. The normalized spacial score (nSPS) is 10.3. The van der Waals surface area contributed by atoms with Gasteiger partial charge in [-0.15, -0.1) is 0 Å². The first kappa shape index (κ1) is 8.43. The van der Waals surface area contributed by atoms with Gasteiger partial charge in [-0.05, 0) is 6.07 Å². The molecule has 0 aliphatic heterocycles. The van der Waals surface area contributed by atoms with Gasteiger partial charge < -0.3 is 4.42 Å². The van der Waals surface area contributed by atoms with Gasteiger partial charge >= 0.3 is 0 Å². The van der Waals surface area contributed by atoms with E-state index in [1.54, 1.807) is 6.07 Å². The van der Waals surface area contributed by atoms with E-state index in [1.165, 1.54) is 18.5 Å². The SMILES string of the molecule is C=Cc1cc2ncoc2cc1[N+](=O)[O-]. The zero-order valence-corrected chi connectivity index (χ0v) is 7.14. The first-order valence-corrected chi connectivity index (χ1v) is 3.86. The summed E-state index contributed by atoms with van der Waals surface area (Å²) in [6, 6.07) is 2.92. The lowest BCUT2D eigenvalue weighted by Gasteiger charge is -1.95. The van der Waals surface area contributed by atoms with Gasteiger partial charge in [-0.2, -0.15) is 0 Å². The number of nitro groups is 1. The predicted octanol–water partition coefficient (Wildman–Crippen LogP) is 2.38. The Morgan fingerprint density at radius 2 is 2.36 bits per heavy atom. The van der Waals surface area contributed by atoms with Crippen molar-refractivity contribution in [3.05, 3.63) is 40.8 Å². The number of fused-ring (bicyclic) bond motifs is 1. The van der Waals surface area contributed by atoms with E-state index in [1.807, 2.05) is 0 Å². The Labute approximate surface area is 78.8 Å². The van der Waals surface area contributed by atoms with Gasteiger partial charge in [-0.3, -0.25) is 10.1 Å². The van der Waals surface area contributed by atoms with Gasteiger partial charge in [0.15, 0.2) is 12.0 Å². The molecule has 1 aromatic carbocycles. The second-order valence-electron chi connectivity index (χ2n) is 2.69. The minimum atomic E-state index is -0.473. The highest BCUT2D eigenvalue weighted by Crippen LogP contribution is 2.25. The van der Waals surface area contributed by atoms with E-state index in [9.17, 15) is 10.1 Å². The molecule has 0 fully saturated rings. The van der Waals surface area contributed by atoms with Crippen LogP contribution in [0.1, 0.15) is 5.56 Å². The van der Waals surface area contributed by atoms with Crippen LogP contribution in [-0.4, -0.2) is 9.91 Å². The maximum atomic E-state index is 10.6. The van der Waals surface area contributed by atoms with E-state index in [-0.39, 0.29) is 5.69 Å². The summed E-state index contributed by atoms with van der Waals surface area (Å²) >= 11 is 0. The molecule has 0 aliphatic rings. The number of oxazole rings is 1. The Balaban J connectivity index is 2.78. The molecule has 1 aromatic heterocycles. The van der Waals surface area contributed by atoms with Crippen LogP contribution in [0.4, 0.5) is 5.69 Å². The molecule has 0 spiro atoms. The Morgan fingerprint density at radius 3 is 3.00 bits per heavy atom. The second-order valence-corrected chi connectivity index (χ2v) is 2.69. The van der Waals surface area contributed by atoms with Crippen molar-refractivity contribution >= 4 is 22.9 Å². The molecular weight excluding hydrogens is 184 g/mol. The van der Waals surface area contributed by atoms with Crippen molar-refractivity contribution in [1.29, 1.82) is 0 Å². The number of benzene rings is 1. The van der Waals surface area contributed by atoms with Gasteiger partial charge in [0.1, 0.15) is 5.52 Å². The number of nitro benzene ring substituents is 1. The summed E-state index contributed by atoms with van der Waals surface area (Å²) in [7, 11) is 0. The maximum Gasteiger partial charge on any atom is 0.280 e. The summed E-state index contributed by atoms with van der Waals surface area (Å²) in [6.07, 6.45) is 2.67. The molecular formula is C9H6N2O3. The van der Waals surface area contributed by atoms with Crippen LogP contribution >= 0.6 is 0 Å². The minimum absolute atomic E-state index is 0.0238. The molecule has 0 aliphatic carbocycles. The van der Waals surface area contributed by atoms with E-state index < -0.39 is 4.92 Å². The number of nitrogens with zero attached hydrogens (tertiary/aromatic N) is 2. The fourth-order valence-electron chi connectivity index (χ4n) is 1.23. The van der Waals surface area contributed by atoms with E-state index in [2.05, 4.69) is 11.6 Å². The molecule has 2 aromatic rings. The monoisotopic (exact) mass is 190 g/mol. The Morgan fingerprint density at radius 1 is 1.57 bits per heavy atom. The topological polar surface area (TPSA) is 69.2 Å². The zero-order chi connectivity index (χ0) is 10.1. The average molecular weight is 190 g/mol. The number of hydrogen-bond acceptors (Lipinski definition) is 4. The summed E-state index contributed by atoms with van der Waals surface area (Å²) in [5.41, 5.74) is 1.41. The van der Waals surface area contributed by atoms with Crippen LogP contribution in [0.2, 0.25) is 0 Å². The number of hydrogen-bond donors (Lipinski definition) is 0. The highest BCUT2D eigenvalue weighted by Gasteiger charge is 2.14. The molecule has 70 valence electrons. The average Bonchev–Trinajstić information content (AvgIpc) is 2.62. The first-order chi connectivity index (χ1) is 6.72. The van der Waals surface area contributed by atoms with Gasteiger partial charge in [0, 0.05) is 0 Å². The van der Waals surface area contributed by atoms with Gasteiger partial charge in [0.25, 0.3) is 5.69 Å². The van der Waals surface area contributed by atoms with Crippen molar-refractivity contribution < 1.29 is 9.34 Å². The lowest BCUT2D eigenvalue weighted by Crippen LogP contribution is -1.90. The molecule has 0 atom stereocenters. The van der Waals surface area contributed by atoms with Crippen LogP contribution in [0, 0.1) is 10.1 Å². The van der Waals surface area contributed by atoms with Crippen molar-refractivity contribution in [2.75, 3.05) is 0 Å². The summed E-state index contributed by atoms with van der Waals surface area (Å²) in [5, 5.41) is 10.6. The van der Waals surface area contributed by atoms with Crippen LogP contribution in [0.25, 0.3) is 17.2 Å². The lowest BCUT2D eigenvalue weighted by atomic mass is 10.1. The molecule has 1 heterocycles. The van der Waals surface area contributed by atoms with Crippen LogP contribution in [0.5, 0.6) is 0 Å². The lowest BCUT2D eigenvalue weighted by molar-refractivity contribution is -0.385. The third-order valence-electron chi connectivity index (χ3n) is 1.90. The molecule has 0 radical (unpaired) electrons. The smallest absolute Gasteiger partial charge is 0.280 e. The summed E-state index contributed by atoms with van der Waals surface area (Å²) in [6.45, 7) is 3.50. The second kappa shape index (κ2) is 2.95. The van der Waals surface area contributed by atoms with Crippen molar-refractivity contribution in [2.45, 2.75) is 0 Å². The molecule has 2 rings (SSSR count). The van der Waals surface area contributed by atoms with Crippen LogP contribution in [-0.2, 0) is 0 Å². The van der Waals surface area contributed by atoms with Crippen molar-refractivity contribution in [2.24, 2.45) is 0 Å². The largest absolute Gasteiger partial charge is 0.443 e. The molecule has 0 saturated carbocycles. The first-order valence-electron chi connectivity index (χ1n) is 3.86. The Bertz CT molecular complexity index is 516. The summed E-state index contributed by atoms with van der Waals surface area (Å²) in [5.74, 6) is 0. The van der Waals surface area contributed by atoms with Crippen LogP contribution in [0.3, 0.4) is 0 Å². The fourth-order valence-corrected chi connectivity index (χ4v) is 1.23. The third-order valence-corrected chi connectivity index (χ3v) is 1.90. The highest BCUT2D eigenvalue weighted by atomic mass is 16.6. The molecule has 5 nitrogen and oxygen atoms in total. The van der Waals surface area contributed by atoms with Crippen molar-refractivity contribution in [3.63, 3.8) is 0 Å². The maximum absolute atomic E-state index is 10.6. The van der Waals surface area contributed by atoms with E-state index in [4.69, 9.17) is 4.42 Å². The van der Waals surface area contributed by atoms with Crippen LogP contribution < -0.4 is 0 Å². The highest BCUT2D eigenvalue weighted by molar-refractivity contribution is 5.80. The summed E-state index contributed by atoms with van der Waals surface area (Å²) < 4.78 is 4.96. The molecule has 0 N–H and O–H groups in total. The number of rotatable bonds is 2. The van der Waals surface area contributed by atoms with Gasteiger partial charge in [-0.1, -0.05) is 12.7 Å². The van der Waals surface area contributed by atoms with Gasteiger partial charge in [-0.25, -0.2) is 4.98 Å². The molecule has 5 heteroatoms. The van der Waals surface area contributed by atoms with Crippen molar-refractivity contribution in [1.82, 2.24) is 4.98 Å². The van der Waals surface area contributed by atoms with E-state index in [0.29, 0.717) is 16.7 Å². The number of aromatic nitrogens is 1. The fraction of sp³-hybridized carbons (Fsp3) is 0. The molecule has 14 heavy (non-hydrogen) atoms. The van der Waals surface area contributed by atoms with Gasteiger partial charge in [0.2, 0.25) is 0 Å². The molecule has 0 bridgehead atoms. The quantitative estimate of drug-likeness (QED) is 0.538. The third kappa shape index (κ3) is 1.15. The van der Waals surface area contributed by atoms with E-state index >= 15 is 0 Å². The van der Waals surface area contributed by atoms with Crippen molar-refractivity contribution in [3.8, 4) is 0 Å².